The Morgan fingerprint density at radius 1 is 0.846 bits per heavy atom. The molecule has 0 bridgehead atoms. The number of carbonyl (C=O) groups excluding carboxylic acids is 2. The maximum absolute atomic E-state index is 13.1. The van der Waals surface area contributed by atoms with Crippen LogP contribution >= 0.6 is 11.6 Å². The summed E-state index contributed by atoms with van der Waals surface area (Å²) in [6.45, 7) is 0. The van der Waals surface area contributed by atoms with Crippen molar-refractivity contribution in [2.75, 3.05) is 11.1 Å². The lowest BCUT2D eigenvalue weighted by Crippen LogP contribution is -2.24. The van der Waals surface area contributed by atoms with Gasteiger partial charge in [-0.05, 0) is 23.8 Å². The Morgan fingerprint density at radius 3 is 2.04 bits per heavy atom. The van der Waals surface area contributed by atoms with E-state index in [0.29, 0.717) is 27.9 Å². The number of hydrogen-bond donors (Lipinski definition) is 2. The van der Waals surface area contributed by atoms with Crippen LogP contribution in [0.15, 0.2) is 60.7 Å². The minimum absolute atomic E-state index is 0.145. The number of anilines is 3. The van der Waals surface area contributed by atoms with E-state index in [1.165, 1.54) is 0 Å². The summed E-state index contributed by atoms with van der Waals surface area (Å²) >= 11 is 6.03. The van der Waals surface area contributed by atoms with Crippen LogP contribution in [0, 0.1) is 0 Å². The third-order valence-corrected chi connectivity index (χ3v) is 4.81. The number of nitrogen functional groups attached to an aromatic ring is 1. The van der Waals surface area contributed by atoms with Gasteiger partial charge in [-0.3, -0.25) is 9.59 Å². The lowest BCUT2D eigenvalue weighted by atomic mass is 9.81. The van der Waals surface area contributed by atoms with Gasteiger partial charge in [0.25, 0.3) is 0 Å². The zero-order valence-corrected chi connectivity index (χ0v) is 14.5. The van der Waals surface area contributed by atoms with Crippen molar-refractivity contribution in [1.82, 2.24) is 0 Å². The van der Waals surface area contributed by atoms with Gasteiger partial charge in [-0.1, -0.05) is 42.5 Å². The van der Waals surface area contributed by atoms with Gasteiger partial charge in [0.15, 0.2) is 11.6 Å². The highest BCUT2D eigenvalue weighted by Gasteiger charge is 2.34. The molecule has 4 rings (SSSR count). The summed E-state index contributed by atoms with van der Waals surface area (Å²) in [5, 5.41) is 3.23. The van der Waals surface area contributed by atoms with Crippen LogP contribution in [0.2, 0.25) is 0 Å². The van der Waals surface area contributed by atoms with Gasteiger partial charge in [0, 0.05) is 28.4 Å². The number of carbonyl (C=O) groups is 2. The van der Waals surface area contributed by atoms with Gasteiger partial charge in [-0.15, -0.1) is 11.6 Å². The van der Waals surface area contributed by atoms with E-state index in [1.807, 2.05) is 30.3 Å². The van der Waals surface area contributed by atoms with Crippen LogP contribution in [0.1, 0.15) is 37.4 Å². The van der Waals surface area contributed by atoms with Gasteiger partial charge in [0.1, 0.15) is 0 Å². The predicted molar refractivity (Wildman–Crippen MR) is 103 cm³/mol. The average molecular weight is 363 g/mol. The van der Waals surface area contributed by atoms with E-state index in [1.54, 1.807) is 30.3 Å². The summed E-state index contributed by atoms with van der Waals surface area (Å²) in [7, 11) is 0. The Kier molecular flexibility index (Phi) is 3.98. The van der Waals surface area contributed by atoms with Crippen LogP contribution in [0.25, 0.3) is 0 Å². The molecule has 0 unspecified atom stereocenters. The summed E-state index contributed by atoms with van der Waals surface area (Å²) in [6.07, 6.45) is 0. The molecule has 3 aromatic carbocycles. The van der Waals surface area contributed by atoms with Crippen molar-refractivity contribution in [2.45, 2.75) is 5.88 Å². The fourth-order valence-corrected chi connectivity index (χ4v) is 3.48. The van der Waals surface area contributed by atoms with Crippen molar-refractivity contribution >= 4 is 40.2 Å². The molecular weight excluding hydrogens is 348 g/mol. The monoisotopic (exact) mass is 362 g/mol. The minimum atomic E-state index is -0.254. The molecule has 0 fully saturated rings. The third-order valence-electron chi connectivity index (χ3n) is 4.52. The topological polar surface area (TPSA) is 72.2 Å². The van der Waals surface area contributed by atoms with Crippen molar-refractivity contribution in [3.63, 3.8) is 0 Å². The fraction of sp³-hybridized carbons (Fsp3) is 0.0476. The van der Waals surface area contributed by atoms with Gasteiger partial charge in [-0.25, -0.2) is 0 Å². The number of halogens is 1. The Balaban J connectivity index is 1.97. The van der Waals surface area contributed by atoms with E-state index in [2.05, 4.69) is 5.32 Å². The molecule has 0 saturated heterocycles. The first-order valence-electron chi connectivity index (χ1n) is 8.13. The molecule has 0 radical (unpaired) electrons. The molecule has 0 aromatic heterocycles. The smallest absolute Gasteiger partial charge is 0.196 e. The number of nitrogens with one attached hydrogen (secondary N) is 1. The summed E-state index contributed by atoms with van der Waals surface area (Å²) in [5.74, 6) is -0.330. The summed E-state index contributed by atoms with van der Waals surface area (Å²) in [6, 6.07) is 18.0. The van der Waals surface area contributed by atoms with E-state index < -0.39 is 0 Å². The Morgan fingerprint density at radius 2 is 1.42 bits per heavy atom. The molecular formula is C21H15ClN2O2. The summed E-state index contributed by atoms with van der Waals surface area (Å²) in [4.78, 5) is 26.2. The maximum atomic E-state index is 13.1. The number of benzene rings is 3. The number of hydrogen-bond acceptors (Lipinski definition) is 4. The molecule has 0 spiro atoms. The minimum Gasteiger partial charge on any atom is -0.398 e. The van der Waals surface area contributed by atoms with Crippen LogP contribution < -0.4 is 11.1 Å². The Hall–Kier alpha value is -3.11. The lowest BCUT2D eigenvalue weighted by Gasteiger charge is -2.24. The van der Waals surface area contributed by atoms with Gasteiger partial charge in [-0.2, -0.15) is 0 Å². The highest BCUT2D eigenvalue weighted by molar-refractivity contribution is 6.32. The van der Waals surface area contributed by atoms with Crippen LogP contribution in [0.5, 0.6) is 0 Å². The van der Waals surface area contributed by atoms with Crippen LogP contribution in [0.3, 0.4) is 0 Å². The number of fused-ring (bicyclic) bond motifs is 2. The number of alkyl halides is 1. The van der Waals surface area contributed by atoms with Gasteiger partial charge in [0.2, 0.25) is 0 Å². The molecule has 0 atom stereocenters. The zero-order chi connectivity index (χ0) is 18.3. The molecule has 3 N–H and O–H groups in total. The molecule has 0 aliphatic heterocycles. The summed E-state index contributed by atoms with van der Waals surface area (Å²) < 4.78 is 0. The van der Waals surface area contributed by atoms with Crippen LogP contribution in [-0.4, -0.2) is 11.6 Å². The van der Waals surface area contributed by atoms with E-state index in [0.717, 1.165) is 5.69 Å². The molecule has 5 heteroatoms. The first kappa shape index (κ1) is 16.4. The second kappa shape index (κ2) is 6.32. The normalized spacial score (nSPS) is 12.5. The van der Waals surface area contributed by atoms with E-state index in [4.69, 9.17) is 17.3 Å². The first-order valence-corrected chi connectivity index (χ1v) is 8.67. The highest BCUT2D eigenvalue weighted by atomic mass is 35.5. The predicted octanol–water partition coefficient (Wildman–Crippen LogP) is 4.53. The number of ketones is 2. The largest absolute Gasteiger partial charge is 0.398 e. The molecule has 0 heterocycles. The van der Waals surface area contributed by atoms with E-state index in [9.17, 15) is 9.59 Å². The van der Waals surface area contributed by atoms with Gasteiger partial charge in [0.05, 0.1) is 16.8 Å². The maximum Gasteiger partial charge on any atom is 0.196 e. The zero-order valence-electron chi connectivity index (χ0n) is 13.8. The molecule has 0 saturated carbocycles. The van der Waals surface area contributed by atoms with Crippen molar-refractivity contribution in [1.29, 1.82) is 0 Å². The number of para-hydroxylation sites is 1. The van der Waals surface area contributed by atoms with Crippen molar-refractivity contribution in [2.24, 2.45) is 0 Å². The quantitative estimate of drug-likeness (QED) is 0.415. The fourth-order valence-electron chi connectivity index (χ4n) is 3.26. The molecule has 26 heavy (non-hydrogen) atoms. The first-order chi connectivity index (χ1) is 12.6. The van der Waals surface area contributed by atoms with Gasteiger partial charge >= 0.3 is 0 Å². The second-order valence-corrected chi connectivity index (χ2v) is 6.34. The molecule has 128 valence electrons. The van der Waals surface area contributed by atoms with Gasteiger partial charge < -0.3 is 11.1 Å². The molecule has 4 nitrogen and oxygen atoms in total. The lowest BCUT2D eigenvalue weighted by molar-refractivity contribution is 0.0980. The average Bonchev–Trinajstić information content (AvgIpc) is 2.68. The number of nitrogens with two attached hydrogens (primary N) is 1. The second-order valence-electron chi connectivity index (χ2n) is 6.08. The third kappa shape index (κ3) is 2.47. The van der Waals surface area contributed by atoms with Crippen molar-refractivity contribution in [3.05, 3.63) is 88.5 Å². The molecule has 1 aliphatic rings. The number of rotatable bonds is 3. The van der Waals surface area contributed by atoms with Crippen molar-refractivity contribution < 1.29 is 9.59 Å². The van der Waals surface area contributed by atoms with Crippen LogP contribution in [0.4, 0.5) is 17.1 Å². The summed E-state index contributed by atoms with van der Waals surface area (Å²) in [5.41, 5.74) is 9.70. The SMILES string of the molecule is Nc1c(CCl)cc(Nc2ccccc2)c2c1C(=O)c1ccccc1C2=O. The van der Waals surface area contributed by atoms with E-state index in [-0.39, 0.29) is 28.7 Å². The van der Waals surface area contributed by atoms with Crippen LogP contribution in [-0.2, 0) is 5.88 Å². The molecule has 1 aliphatic carbocycles. The Labute approximate surface area is 155 Å². The molecule has 3 aromatic rings. The standard InChI is InChI=1S/C21H15ClN2O2/c22-11-12-10-16(24-13-6-2-1-3-7-13)17-18(19(12)23)21(26)15-9-5-4-8-14(15)20(17)25/h1-10,24H,11,23H2. The Bertz CT molecular complexity index is 1050. The molecule has 0 amide bonds. The van der Waals surface area contributed by atoms with E-state index >= 15 is 0 Å². The van der Waals surface area contributed by atoms with Crippen molar-refractivity contribution in [3.8, 4) is 0 Å². The highest BCUT2D eigenvalue weighted by Crippen LogP contribution is 2.38.